The molecule has 3 aromatic carbocycles. The lowest BCUT2D eigenvalue weighted by molar-refractivity contribution is 0.0997. The molecule has 5 nitrogen and oxygen atoms in total. The number of hydrogen-bond acceptors (Lipinski definition) is 4. The van der Waals surface area contributed by atoms with Gasteiger partial charge >= 0.3 is 0 Å². The SMILES string of the molecule is CC(C)c1ccc(-c2nc3cc(NC(=O)c4ccc(-c5ccccc5)o4)ccc3o2)cc1. The smallest absolute Gasteiger partial charge is 0.291 e. The van der Waals surface area contributed by atoms with Crippen molar-refractivity contribution in [3.8, 4) is 22.8 Å². The van der Waals surface area contributed by atoms with Gasteiger partial charge in [-0.05, 0) is 53.9 Å². The van der Waals surface area contributed by atoms with Crippen molar-refractivity contribution in [1.29, 1.82) is 0 Å². The molecule has 1 N–H and O–H groups in total. The molecule has 0 radical (unpaired) electrons. The molecule has 0 atom stereocenters. The van der Waals surface area contributed by atoms with E-state index in [4.69, 9.17) is 8.83 Å². The van der Waals surface area contributed by atoms with Crippen LogP contribution in [0.1, 0.15) is 35.9 Å². The number of amides is 1. The van der Waals surface area contributed by atoms with Crippen LogP contribution in [-0.4, -0.2) is 10.9 Å². The van der Waals surface area contributed by atoms with E-state index in [0.717, 1.165) is 11.1 Å². The van der Waals surface area contributed by atoms with Crippen molar-refractivity contribution in [1.82, 2.24) is 4.98 Å². The van der Waals surface area contributed by atoms with Gasteiger partial charge in [0.2, 0.25) is 5.89 Å². The second-order valence-corrected chi connectivity index (χ2v) is 7.96. The van der Waals surface area contributed by atoms with E-state index in [1.54, 1.807) is 24.3 Å². The quantitative estimate of drug-likeness (QED) is 0.327. The highest BCUT2D eigenvalue weighted by molar-refractivity contribution is 6.03. The number of carbonyl (C=O) groups excluding carboxylic acids is 1. The Morgan fingerprint density at radius 3 is 2.38 bits per heavy atom. The minimum atomic E-state index is -0.320. The zero-order chi connectivity index (χ0) is 22.1. The van der Waals surface area contributed by atoms with Crippen LogP contribution >= 0.6 is 0 Å². The summed E-state index contributed by atoms with van der Waals surface area (Å²) in [6.45, 7) is 4.32. The highest BCUT2D eigenvalue weighted by Crippen LogP contribution is 2.28. The highest BCUT2D eigenvalue weighted by Gasteiger charge is 2.14. The van der Waals surface area contributed by atoms with Gasteiger partial charge in [-0.25, -0.2) is 4.98 Å². The highest BCUT2D eigenvalue weighted by atomic mass is 16.4. The van der Waals surface area contributed by atoms with E-state index in [-0.39, 0.29) is 11.7 Å². The van der Waals surface area contributed by atoms with Gasteiger partial charge in [-0.15, -0.1) is 0 Å². The topological polar surface area (TPSA) is 68.3 Å². The number of fused-ring (bicyclic) bond motifs is 1. The number of hydrogen-bond donors (Lipinski definition) is 1. The van der Waals surface area contributed by atoms with Gasteiger partial charge in [0.25, 0.3) is 5.91 Å². The van der Waals surface area contributed by atoms with Crippen molar-refractivity contribution in [3.05, 3.63) is 96.3 Å². The van der Waals surface area contributed by atoms with Gasteiger partial charge in [-0.2, -0.15) is 0 Å². The maximum Gasteiger partial charge on any atom is 0.291 e. The first-order valence-corrected chi connectivity index (χ1v) is 10.5. The fourth-order valence-electron chi connectivity index (χ4n) is 3.55. The fraction of sp³-hybridized carbons (Fsp3) is 0.111. The second kappa shape index (κ2) is 8.19. The van der Waals surface area contributed by atoms with Crippen LogP contribution in [0.4, 0.5) is 5.69 Å². The minimum absolute atomic E-state index is 0.245. The van der Waals surface area contributed by atoms with Crippen LogP contribution in [0.15, 0.2) is 93.8 Å². The zero-order valence-corrected chi connectivity index (χ0v) is 17.8. The van der Waals surface area contributed by atoms with E-state index in [1.165, 1.54) is 5.56 Å². The maximum absolute atomic E-state index is 12.7. The summed E-state index contributed by atoms with van der Waals surface area (Å²) < 4.78 is 11.6. The molecule has 5 aromatic rings. The standard InChI is InChI=1S/C27H22N2O3/c1-17(2)18-8-10-20(11-9-18)27-29-22-16-21(12-13-24(22)32-27)28-26(30)25-15-14-23(31-25)19-6-4-3-5-7-19/h3-17H,1-2H3,(H,28,30). The van der Waals surface area contributed by atoms with Crippen LogP contribution in [-0.2, 0) is 0 Å². The van der Waals surface area contributed by atoms with E-state index < -0.39 is 0 Å². The zero-order valence-electron chi connectivity index (χ0n) is 17.8. The number of aromatic nitrogens is 1. The molecule has 158 valence electrons. The van der Waals surface area contributed by atoms with Gasteiger partial charge in [0.15, 0.2) is 11.3 Å². The largest absolute Gasteiger partial charge is 0.451 e. The molecule has 0 saturated heterocycles. The minimum Gasteiger partial charge on any atom is -0.451 e. The summed E-state index contributed by atoms with van der Waals surface area (Å²) in [5.74, 6) is 1.60. The van der Waals surface area contributed by atoms with E-state index in [9.17, 15) is 4.79 Å². The first-order valence-electron chi connectivity index (χ1n) is 10.5. The molecule has 32 heavy (non-hydrogen) atoms. The molecule has 0 spiro atoms. The van der Waals surface area contributed by atoms with Crippen LogP contribution in [0.25, 0.3) is 33.9 Å². The van der Waals surface area contributed by atoms with Crippen molar-refractivity contribution in [2.24, 2.45) is 0 Å². The average molecular weight is 422 g/mol. The predicted molar refractivity (Wildman–Crippen MR) is 126 cm³/mol. The van der Waals surface area contributed by atoms with Crippen molar-refractivity contribution in [2.45, 2.75) is 19.8 Å². The van der Waals surface area contributed by atoms with Gasteiger partial charge < -0.3 is 14.2 Å². The Morgan fingerprint density at radius 2 is 1.62 bits per heavy atom. The molecule has 0 saturated carbocycles. The molecule has 0 bridgehead atoms. The number of rotatable bonds is 5. The number of anilines is 1. The van der Waals surface area contributed by atoms with Crippen LogP contribution in [0.2, 0.25) is 0 Å². The molecule has 5 rings (SSSR count). The maximum atomic E-state index is 12.7. The van der Waals surface area contributed by atoms with Crippen molar-refractivity contribution in [2.75, 3.05) is 5.32 Å². The molecule has 1 amide bonds. The Kier molecular flexibility index (Phi) is 5.07. The molecule has 0 aliphatic rings. The normalized spacial score (nSPS) is 11.2. The molecule has 0 unspecified atom stereocenters. The van der Waals surface area contributed by atoms with Gasteiger partial charge in [-0.1, -0.05) is 56.3 Å². The number of furan rings is 1. The summed E-state index contributed by atoms with van der Waals surface area (Å²) in [7, 11) is 0. The van der Waals surface area contributed by atoms with Crippen LogP contribution in [0.5, 0.6) is 0 Å². The van der Waals surface area contributed by atoms with Gasteiger partial charge in [-0.3, -0.25) is 4.79 Å². The summed E-state index contributed by atoms with van der Waals surface area (Å²) in [5, 5.41) is 2.87. The second-order valence-electron chi connectivity index (χ2n) is 7.96. The van der Waals surface area contributed by atoms with Gasteiger partial charge in [0.1, 0.15) is 11.3 Å². The Hall–Kier alpha value is -4.12. The molecular formula is C27H22N2O3. The van der Waals surface area contributed by atoms with Crippen LogP contribution in [0, 0.1) is 0 Å². The van der Waals surface area contributed by atoms with Crippen molar-refractivity contribution < 1.29 is 13.6 Å². The molecule has 0 fully saturated rings. The van der Waals surface area contributed by atoms with E-state index in [1.807, 2.05) is 48.5 Å². The Morgan fingerprint density at radius 1 is 0.844 bits per heavy atom. The van der Waals surface area contributed by atoms with Crippen LogP contribution in [0.3, 0.4) is 0 Å². The first-order chi connectivity index (χ1) is 15.6. The first kappa shape index (κ1) is 19.8. The van der Waals surface area contributed by atoms with E-state index in [0.29, 0.717) is 34.4 Å². The third-order valence-electron chi connectivity index (χ3n) is 5.36. The van der Waals surface area contributed by atoms with Gasteiger partial charge in [0.05, 0.1) is 0 Å². The van der Waals surface area contributed by atoms with Crippen LogP contribution < -0.4 is 5.32 Å². The Balaban J connectivity index is 1.35. The summed E-state index contributed by atoms with van der Waals surface area (Å²) in [6.07, 6.45) is 0. The predicted octanol–water partition coefficient (Wildman–Crippen LogP) is 7.13. The molecule has 5 heteroatoms. The lowest BCUT2D eigenvalue weighted by atomic mass is 10.0. The lowest BCUT2D eigenvalue weighted by Gasteiger charge is -2.04. The third kappa shape index (κ3) is 3.93. The van der Waals surface area contributed by atoms with Crippen molar-refractivity contribution >= 4 is 22.7 Å². The Bertz CT molecular complexity index is 1380. The molecule has 0 aliphatic heterocycles. The average Bonchev–Trinajstić information content (AvgIpc) is 3.47. The number of nitrogens with zero attached hydrogens (tertiary/aromatic N) is 1. The fourth-order valence-corrected chi connectivity index (χ4v) is 3.55. The number of oxazole rings is 1. The summed E-state index contributed by atoms with van der Waals surface area (Å²) in [6, 6.07) is 26.7. The molecule has 0 aliphatic carbocycles. The summed E-state index contributed by atoms with van der Waals surface area (Å²) in [5.41, 5.74) is 5.06. The molecular weight excluding hydrogens is 400 g/mol. The van der Waals surface area contributed by atoms with E-state index >= 15 is 0 Å². The van der Waals surface area contributed by atoms with Gasteiger partial charge in [0, 0.05) is 16.8 Å². The number of nitrogens with one attached hydrogen (secondary N) is 1. The third-order valence-corrected chi connectivity index (χ3v) is 5.36. The van der Waals surface area contributed by atoms with Crippen molar-refractivity contribution in [3.63, 3.8) is 0 Å². The number of benzene rings is 3. The summed E-state index contributed by atoms with van der Waals surface area (Å²) in [4.78, 5) is 17.3. The molecule has 2 heterocycles. The molecule has 2 aromatic heterocycles. The lowest BCUT2D eigenvalue weighted by Crippen LogP contribution is -2.10. The number of carbonyl (C=O) groups is 1. The Labute approximate surface area is 185 Å². The van der Waals surface area contributed by atoms with E-state index in [2.05, 4.69) is 36.3 Å². The monoisotopic (exact) mass is 422 g/mol. The summed E-state index contributed by atoms with van der Waals surface area (Å²) >= 11 is 0.